The van der Waals surface area contributed by atoms with Crippen molar-refractivity contribution in [2.24, 2.45) is 0 Å². The largest absolute Gasteiger partial charge is 0.378 e. The number of morpholine rings is 1. The Morgan fingerprint density at radius 1 is 1.29 bits per heavy atom. The molecule has 28 heavy (non-hydrogen) atoms. The molecular formula is C22H26N2O4. The van der Waals surface area contributed by atoms with Gasteiger partial charge in [-0.3, -0.25) is 9.59 Å². The van der Waals surface area contributed by atoms with Crippen molar-refractivity contribution in [3.63, 3.8) is 0 Å². The number of allylic oxidation sites excluding steroid dienone is 1. The summed E-state index contributed by atoms with van der Waals surface area (Å²) in [5, 5.41) is 11.7. The van der Waals surface area contributed by atoms with Crippen molar-refractivity contribution in [1.82, 2.24) is 9.80 Å². The molecule has 1 saturated heterocycles. The number of fused-ring (bicyclic) bond motifs is 3. The van der Waals surface area contributed by atoms with Gasteiger partial charge in [-0.1, -0.05) is 30.3 Å². The van der Waals surface area contributed by atoms with E-state index in [4.69, 9.17) is 4.74 Å². The van der Waals surface area contributed by atoms with E-state index in [0.29, 0.717) is 50.4 Å². The summed E-state index contributed by atoms with van der Waals surface area (Å²) in [6.45, 7) is 9.24. The second-order valence-electron chi connectivity index (χ2n) is 8.21. The van der Waals surface area contributed by atoms with E-state index >= 15 is 0 Å². The highest BCUT2D eigenvalue weighted by molar-refractivity contribution is 6.23. The van der Waals surface area contributed by atoms with E-state index in [1.807, 2.05) is 38.1 Å². The van der Waals surface area contributed by atoms with Gasteiger partial charge in [0.25, 0.3) is 11.6 Å². The Hall–Kier alpha value is -2.44. The molecule has 0 aromatic heterocycles. The third-order valence-electron chi connectivity index (χ3n) is 5.87. The molecule has 0 saturated carbocycles. The summed E-state index contributed by atoms with van der Waals surface area (Å²) in [5.41, 5.74) is 0.259. The molecule has 3 aliphatic rings. The molecule has 1 aromatic carbocycles. The molecule has 0 radical (unpaired) electrons. The number of hydrogen-bond donors (Lipinski definition) is 1. The van der Waals surface area contributed by atoms with Crippen molar-refractivity contribution >= 4 is 17.4 Å². The lowest BCUT2D eigenvalue weighted by molar-refractivity contribution is -0.181. The number of rotatable bonds is 3. The number of nitrogens with zero attached hydrogens (tertiary/aromatic N) is 2. The van der Waals surface area contributed by atoms with Crippen LogP contribution >= 0.6 is 0 Å². The van der Waals surface area contributed by atoms with Gasteiger partial charge in [0.05, 0.1) is 18.9 Å². The van der Waals surface area contributed by atoms with Gasteiger partial charge in [0.1, 0.15) is 0 Å². The Morgan fingerprint density at radius 2 is 1.96 bits per heavy atom. The average Bonchev–Trinajstić information content (AvgIpc) is 2.92. The van der Waals surface area contributed by atoms with Crippen LogP contribution in [0.2, 0.25) is 0 Å². The summed E-state index contributed by atoms with van der Waals surface area (Å²) in [6.07, 6.45) is 2.57. The molecular weight excluding hydrogens is 356 g/mol. The third-order valence-corrected chi connectivity index (χ3v) is 5.87. The van der Waals surface area contributed by atoms with Gasteiger partial charge in [-0.05, 0) is 32.3 Å². The van der Waals surface area contributed by atoms with Crippen LogP contribution in [0, 0.1) is 0 Å². The SMILES string of the molecule is C=CCC1=C2c3ccccc3CC(C)(C)N2[C@](O)(C(=O)N2CCOCC2)C1=O. The van der Waals surface area contributed by atoms with E-state index in [1.54, 1.807) is 11.0 Å². The smallest absolute Gasteiger partial charge is 0.284 e. The first-order valence-electron chi connectivity index (χ1n) is 9.69. The number of hydrogen-bond acceptors (Lipinski definition) is 5. The number of ketones is 1. The van der Waals surface area contributed by atoms with E-state index in [1.165, 1.54) is 4.90 Å². The van der Waals surface area contributed by atoms with E-state index in [-0.39, 0.29) is 0 Å². The van der Waals surface area contributed by atoms with Gasteiger partial charge in [0.2, 0.25) is 5.78 Å². The zero-order valence-corrected chi connectivity index (χ0v) is 16.4. The van der Waals surface area contributed by atoms with Gasteiger partial charge in [-0.15, -0.1) is 6.58 Å². The van der Waals surface area contributed by atoms with Crippen LogP contribution in [-0.2, 0) is 20.7 Å². The van der Waals surface area contributed by atoms with Gasteiger partial charge >= 0.3 is 0 Å². The van der Waals surface area contributed by atoms with Crippen LogP contribution in [0.25, 0.3) is 5.70 Å². The van der Waals surface area contributed by atoms with Crippen LogP contribution < -0.4 is 0 Å². The standard InChI is InChI=1S/C22H26N2O4/c1-4-7-17-18-16-9-6-5-8-15(16)14-21(2,3)24(18)22(27,19(17)25)20(26)23-10-12-28-13-11-23/h4-6,8-9,27H,1,7,10-14H2,2-3H3/t22-/m1/s1. The van der Waals surface area contributed by atoms with Gasteiger partial charge in [-0.2, -0.15) is 0 Å². The molecule has 0 spiro atoms. The molecule has 6 nitrogen and oxygen atoms in total. The van der Waals surface area contributed by atoms with Crippen LogP contribution in [0.1, 0.15) is 31.4 Å². The van der Waals surface area contributed by atoms with Crippen LogP contribution in [0.5, 0.6) is 0 Å². The van der Waals surface area contributed by atoms with E-state index in [0.717, 1.165) is 11.1 Å². The minimum absolute atomic E-state index is 0.299. The molecule has 148 valence electrons. The molecule has 0 unspecified atom stereocenters. The fraction of sp³-hybridized carbons (Fsp3) is 0.455. The Labute approximate surface area is 165 Å². The van der Waals surface area contributed by atoms with Crippen molar-refractivity contribution in [3.05, 3.63) is 53.6 Å². The minimum atomic E-state index is -2.23. The molecule has 6 heteroatoms. The van der Waals surface area contributed by atoms with Crippen LogP contribution in [0.4, 0.5) is 0 Å². The average molecular weight is 382 g/mol. The Bertz CT molecular complexity index is 882. The van der Waals surface area contributed by atoms with E-state index in [9.17, 15) is 14.7 Å². The van der Waals surface area contributed by atoms with Gasteiger partial charge in [-0.25, -0.2) is 0 Å². The van der Waals surface area contributed by atoms with E-state index in [2.05, 4.69) is 6.58 Å². The predicted octanol–water partition coefficient (Wildman–Crippen LogP) is 1.74. The zero-order chi connectivity index (χ0) is 20.1. The first kappa shape index (κ1) is 18.9. The monoisotopic (exact) mass is 382 g/mol. The summed E-state index contributed by atoms with van der Waals surface area (Å²) in [5.74, 6) is -1.10. The van der Waals surface area contributed by atoms with Crippen molar-refractivity contribution in [2.45, 2.75) is 38.0 Å². The normalized spacial score (nSPS) is 26.2. The molecule has 4 rings (SSSR count). The number of Topliss-reactive ketones (excluding diaryl/α,β-unsaturated/α-hetero) is 1. The molecule has 1 aromatic rings. The number of aliphatic hydroxyl groups is 1. The molecule has 0 aliphatic carbocycles. The van der Waals surface area contributed by atoms with Crippen LogP contribution in [0.3, 0.4) is 0 Å². The maximum atomic E-state index is 13.5. The molecule has 1 fully saturated rings. The second-order valence-corrected chi connectivity index (χ2v) is 8.21. The van der Waals surface area contributed by atoms with Gasteiger partial charge in [0, 0.05) is 29.8 Å². The second kappa shape index (κ2) is 6.57. The Morgan fingerprint density at radius 3 is 2.64 bits per heavy atom. The number of benzene rings is 1. The molecule has 1 atom stereocenters. The van der Waals surface area contributed by atoms with Crippen molar-refractivity contribution in [1.29, 1.82) is 0 Å². The highest BCUT2D eigenvalue weighted by atomic mass is 16.5. The molecule has 1 N–H and O–H groups in total. The summed E-state index contributed by atoms with van der Waals surface area (Å²) < 4.78 is 5.33. The first-order chi connectivity index (χ1) is 13.3. The van der Waals surface area contributed by atoms with E-state index < -0.39 is 23.0 Å². The highest BCUT2D eigenvalue weighted by Crippen LogP contribution is 2.50. The molecule has 3 aliphatic heterocycles. The summed E-state index contributed by atoms with van der Waals surface area (Å²) in [7, 11) is 0. The zero-order valence-electron chi connectivity index (χ0n) is 16.4. The fourth-order valence-electron chi connectivity index (χ4n) is 4.70. The summed E-state index contributed by atoms with van der Waals surface area (Å²) in [4.78, 5) is 30.1. The molecule has 3 heterocycles. The quantitative estimate of drug-likeness (QED) is 0.637. The number of carbonyl (C=O) groups is 2. The Kier molecular flexibility index (Phi) is 4.43. The lowest BCUT2D eigenvalue weighted by Gasteiger charge is -2.50. The van der Waals surface area contributed by atoms with Crippen LogP contribution in [0.15, 0.2) is 42.5 Å². The predicted molar refractivity (Wildman–Crippen MR) is 105 cm³/mol. The topological polar surface area (TPSA) is 70.1 Å². The molecule has 1 amide bonds. The van der Waals surface area contributed by atoms with Crippen molar-refractivity contribution in [3.8, 4) is 0 Å². The number of ether oxygens (including phenoxy) is 1. The summed E-state index contributed by atoms with van der Waals surface area (Å²) >= 11 is 0. The summed E-state index contributed by atoms with van der Waals surface area (Å²) in [6, 6.07) is 7.88. The van der Waals surface area contributed by atoms with Crippen molar-refractivity contribution < 1.29 is 19.4 Å². The first-order valence-corrected chi connectivity index (χ1v) is 9.69. The fourth-order valence-corrected chi connectivity index (χ4v) is 4.70. The lowest BCUT2D eigenvalue weighted by atomic mass is 9.83. The lowest BCUT2D eigenvalue weighted by Crippen LogP contribution is -2.67. The van der Waals surface area contributed by atoms with Gasteiger partial charge < -0.3 is 19.6 Å². The Balaban J connectivity index is 1.89. The van der Waals surface area contributed by atoms with Gasteiger partial charge in [0.15, 0.2) is 0 Å². The number of amides is 1. The maximum Gasteiger partial charge on any atom is 0.284 e. The number of carbonyl (C=O) groups excluding carboxylic acids is 2. The van der Waals surface area contributed by atoms with Crippen molar-refractivity contribution in [2.75, 3.05) is 26.3 Å². The molecule has 0 bridgehead atoms. The minimum Gasteiger partial charge on any atom is -0.378 e. The highest BCUT2D eigenvalue weighted by Gasteiger charge is 2.63. The maximum absolute atomic E-state index is 13.5. The third kappa shape index (κ3) is 2.55. The van der Waals surface area contributed by atoms with Crippen LogP contribution in [-0.4, -0.2) is 64.2 Å².